The molecule has 0 aliphatic carbocycles. The van der Waals surface area contributed by atoms with Crippen molar-refractivity contribution in [3.8, 4) is 0 Å². The number of aliphatic hydroxyl groups excluding tert-OH is 1. The minimum absolute atomic E-state index is 0.0531. The van der Waals surface area contributed by atoms with E-state index in [0.29, 0.717) is 17.4 Å². The highest BCUT2D eigenvalue weighted by Crippen LogP contribution is 2.43. The summed E-state index contributed by atoms with van der Waals surface area (Å²) in [4.78, 5) is 23.1. The molecule has 64 heavy (non-hydrogen) atoms. The molecule has 0 spiro atoms. The lowest BCUT2D eigenvalue weighted by atomic mass is 10.0. The molecular formula is C55H106N2O6P+. The third kappa shape index (κ3) is 48.4. The van der Waals surface area contributed by atoms with Crippen molar-refractivity contribution in [2.75, 3.05) is 40.9 Å². The van der Waals surface area contributed by atoms with Gasteiger partial charge in [-0.1, -0.05) is 223 Å². The van der Waals surface area contributed by atoms with Crippen LogP contribution in [0.5, 0.6) is 0 Å². The van der Waals surface area contributed by atoms with Crippen LogP contribution in [0.2, 0.25) is 0 Å². The molecule has 0 radical (unpaired) electrons. The van der Waals surface area contributed by atoms with Crippen LogP contribution in [-0.2, 0) is 18.4 Å². The predicted octanol–water partition coefficient (Wildman–Crippen LogP) is 16.0. The van der Waals surface area contributed by atoms with Crippen LogP contribution in [-0.4, -0.2) is 73.4 Å². The van der Waals surface area contributed by atoms with E-state index in [4.69, 9.17) is 9.05 Å². The van der Waals surface area contributed by atoms with Crippen LogP contribution in [0.25, 0.3) is 0 Å². The maximum Gasteiger partial charge on any atom is 0.472 e. The molecule has 0 aliphatic rings. The zero-order valence-electron chi connectivity index (χ0n) is 42.8. The van der Waals surface area contributed by atoms with Gasteiger partial charge in [-0.25, -0.2) is 4.57 Å². The molecule has 1 amide bonds. The van der Waals surface area contributed by atoms with Gasteiger partial charge in [-0.2, -0.15) is 0 Å². The number of phosphoric acid groups is 1. The van der Waals surface area contributed by atoms with Crippen molar-refractivity contribution < 1.29 is 32.9 Å². The van der Waals surface area contributed by atoms with Crippen LogP contribution >= 0.6 is 7.82 Å². The number of likely N-dealkylation sites (N-methyl/N-ethyl adjacent to an activating group) is 1. The number of carbonyl (C=O) groups excluding carboxylic acids is 1. The van der Waals surface area contributed by atoms with Crippen molar-refractivity contribution in [3.63, 3.8) is 0 Å². The smallest absolute Gasteiger partial charge is 0.387 e. The molecule has 0 heterocycles. The van der Waals surface area contributed by atoms with E-state index < -0.39 is 20.0 Å². The highest BCUT2D eigenvalue weighted by atomic mass is 31.2. The zero-order valence-corrected chi connectivity index (χ0v) is 43.7. The second kappa shape index (κ2) is 46.6. The highest BCUT2D eigenvalue weighted by molar-refractivity contribution is 7.47. The number of quaternary nitrogens is 1. The van der Waals surface area contributed by atoms with Crippen LogP contribution in [0.1, 0.15) is 245 Å². The molecule has 376 valence electrons. The van der Waals surface area contributed by atoms with E-state index in [-0.39, 0.29) is 19.1 Å². The van der Waals surface area contributed by atoms with Crippen LogP contribution in [0.3, 0.4) is 0 Å². The van der Waals surface area contributed by atoms with E-state index in [1.807, 2.05) is 27.2 Å². The highest BCUT2D eigenvalue weighted by Gasteiger charge is 2.27. The lowest BCUT2D eigenvalue weighted by Gasteiger charge is -2.25. The first kappa shape index (κ1) is 62.5. The van der Waals surface area contributed by atoms with Gasteiger partial charge in [-0.15, -0.1) is 0 Å². The lowest BCUT2D eigenvalue weighted by Crippen LogP contribution is -2.45. The second-order valence-corrected chi connectivity index (χ2v) is 21.0. The van der Waals surface area contributed by atoms with E-state index in [0.717, 1.165) is 51.4 Å². The van der Waals surface area contributed by atoms with E-state index >= 15 is 0 Å². The Labute approximate surface area is 397 Å². The first-order chi connectivity index (χ1) is 31.0. The van der Waals surface area contributed by atoms with Crippen LogP contribution in [0, 0.1) is 0 Å². The van der Waals surface area contributed by atoms with Gasteiger partial charge in [0.05, 0.1) is 39.9 Å². The average Bonchev–Trinajstić information content (AvgIpc) is 3.25. The van der Waals surface area contributed by atoms with Crippen molar-refractivity contribution in [1.82, 2.24) is 5.32 Å². The molecule has 0 bridgehead atoms. The van der Waals surface area contributed by atoms with Crippen LogP contribution < -0.4 is 5.32 Å². The number of amides is 1. The molecule has 0 rings (SSSR count). The van der Waals surface area contributed by atoms with Crippen molar-refractivity contribution in [1.29, 1.82) is 0 Å². The molecule has 3 atom stereocenters. The number of nitrogens with zero attached hydrogens (tertiary/aromatic N) is 1. The molecule has 0 aromatic rings. The largest absolute Gasteiger partial charge is 0.472 e. The molecule has 0 aromatic carbocycles. The predicted molar refractivity (Wildman–Crippen MR) is 277 cm³/mol. The number of carbonyl (C=O) groups is 1. The Morgan fingerprint density at radius 3 is 1.33 bits per heavy atom. The molecule has 0 aliphatic heterocycles. The average molecular weight is 922 g/mol. The summed E-state index contributed by atoms with van der Waals surface area (Å²) >= 11 is 0. The molecule has 0 aromatic heterocycles. The quantitative estimate of drug-likeness (QED) is 0.0243. The Bertz CT molecular complexity index is 1180. The van der Waals surface area contributed by atoms with E-state index in [9.17, 15) is 19.4 Å². The molecule has 0 saturated carbocycles. The lowest BCUT2D eigenvalue weighted by molar-refractivity contribution is -0.870. The first-order valence-electron chi connectivity index (χ1n) is 27.0. The first-order valence-corrected chi connectivity index (χ1v) is 28.5. The number of rotatable bonds is 49. The van der Waals surface area contributed by atoms with E-state index in [1.54, 1.807) is 6.08 Å². The van der Waals surface area contributed by atoms with Gasteiger partial charge in [0.1, 0.15) is 13.2 Å². The van der Waals surface area contributed by atoms with Gasteiger partial charge >= 0.3 is 7.82 Å². The Hall–Kier alpha value is -1.54. The second-order valence-electron chi connectivity index (χ2n) is 19.6. The third-order valence-electron chi connectivity index (χ3n) is 12.0. The maximum absolute atomic E-state index is 12.9. The Kier molecular flexibility index (Phi) is 45.4. The van der Waals surface area contributed by atoms with Crippen molar-refractivity contribution in [2.45, 2.75) is 257 Å². The Morgan fingerprint density at radius 2 is 0.906 bits per heavy atom. The summed E-state index contributed by atoms with van der Waals surface area (Å²) in [6, 6.07) is -0.867. The number of phosphoric ester groups is 1. The van der Waals surface area contributed by atoms with Crippen molar-refractivity contribution in [3.05, 3.63) is 48.6 Å². The number of unbranched alkanes of at least 4 members (excludes halogenated alkanes) is 30. The van der Waals surface area contributed by atoms with Crippen LogP contribution in [0.4, 0.5) is 0 Å². The molecule has 0 saturated heterocycles. The molecule has 3 N–H and O–H groups in total. The Morgan fingerprint density at radius 1 is 0.531 bits per heavy atom. The summed E-state index contributed by atoms with van der Waals surface area (Å²) in [6.45, 7) is 4.67. The topological polar surface area (TPSA) is 105 Å². The Balaban J connectivity index is 3.98. The molecule has 9 heteroatoms. The summed E-state index contributed by atoms with van der Waals surface area (Å²) in [7, 11) is 1.55. The van der Waals surface area contributed by atoms with Crippen molar-refractivity contribution in [2.24, 2.45) is 0 Å². The van der Waals surface area contributed by atoms with Gasteiger partial charge in [0, 0.05) is 6.42 Å². The number of allylic oxidation sites excluding steroid dienone is 7. The fraction of sp³-hybridized carbons (Fsp3) is 0.836. The number of hydrogen-bond acceptors (Lipinski definition) is 5. The van der Waals surface area contributed by atoms with Gasteiger partial charge in [0.25, 0.3) is 0 Å². The zero-order chi connectivity index (χ0) is 47.1. The van der Waals surface area contributed by atoms with Gasteiger partial charge in [-0.3, -0.25) is 13.8 Å². The minimum Gasteiger partial charge on any atom is -0.387 e. The molecule has 3 unspecified atom stereocenters. The number of aliphatic hydroxyl groups is 1. The summed E-state index contributed by atoms with van der Waals surface area (Å²) in [6.07, 6.45) is 61.0. The summed E-state index contributed by atoms with van der Waals surface area (Å²) < 4.78 is 23.5. The van der Waals surface area contributed by atoms with Gasteiger partial charge < -0.3 is 19.8 Å². The van der Waals surface area contributed by atoms with Gasteiger partial charge in [-0.05, 0) is 64.2 Å². The number of hydrogen-bond donors (Lipinski definition) is 3. The fourth-order valence-corrected chi connectivity index (χ4v) is 8.52. The van der Waals surface area contributed by atoms with Crippen molar-refractivity contribution >= 4 is 13.7 Å². The molecule has 8 nitrogen and oxygen atoms in total. The maximum atomic E-state index is 12.9. The monoisotopic (exact) mass is 922 g/mol. The van der Waals surface area contributed by atoms with Gasteiger partial charge in [0.15, 0.2) is 0 Å². The SMILES string of the molecule is CC/C=C/CC/C=C/CC/C=C/C(O)C(COP(=O)(O)OCC[N+](C)(C)C)NC(=O)CCCCCCCCCCCCCCCCCC/C=C\CCCCCCCCCCCCCC. The minimum atomic E-state index is -4.35. The summed E-state index contributed by atoms with van der Waals surface area (Å²) in [5.41, 5.74) is 0. The summed E-state index contributed by atoms with van der Waals surface area (Å²) in [5.74, 6) is -0.192. The molecular weight excluding hydrogens is 816 g/mol. The molecule has 0 fully saturated rings. The standard InChI is InChI=1S/C55H105N2O6P/c1-6-8-10-12-14-16-18-19-20-21-22-23-24-25-26-27-28-29-30-31-32-33-34-35-36-37-38-39-41-43-45-47-49-55(59)56-53(52-63-64(60,61)62-51-50-57(3,4)5)54(58)48-46-44-42-40-17-15-13-11-9-7-2/h9,11,17,25-26,40,46,48,53-54,58H,6-8,10,12-16,18-24,27-39,41-45,47,49-52H2,1-5H3,(H-,56,59,60,61)/p+1/b11-9+,26-25-,40-17+,48-46+. The third-order valence-corrected chi connectivity index (χ3v) is 13.0. The number of nitrogens with one attached hydrogen (secondary N) is 1. The van der Waals surface area contributed by atoms with E-state index in [1.165, 1.54) is 173 Å². The summed E-state index contributed by atoms with van der Waals surface area (Å²) in [5, 5.41) is 13.8. The fourth-order valence-electron chi connectivity index (χ4n) is 7.78. The van der Waals surface area contributed by atoms with Crippen LogP contribution in [0.15, 0.2) is 48.6 Å². The van der Waals surface area contributed by atoms with E-state index in [2.05, 4.69) is 55.6 Å². The van der Waals surface area contributed by atoms with Gasteiger partial charge in [0.2, 0.25) is 5.91 Å². The normalized spacial score (nSPS) is 14.4.